The topological polar surface area (TPSA) is 54.9 Å². The Morgan fingerprint density at radius 2 is 1.94 bits per heavy atom. The average molecular weight is 245 g/mol. The summed E-state index contributed by atoms with van der Waals surface area (Å²) in [6.07, 6.45) is 0.889. The van der Waals surface area contributed by atoms with Crippen molar-refractivity contribution in [2.45, 2.75) is 40.7 Å². The van der Waals surface area contributed by atoms with E-state index in [1.165, 1.54) is 4.57 Å². The highest BCUT2D eigenvalue weighted by atomic mass is 35.5. The third-order valence-corrected chi connectivity index (χ3v) is 3.28. The molecule has 5 heteroatoms. The smallest absolute Gasteiger partial charge is 0.297 e. The van der Waals surface area contributed by atoms with Gasteiger partial charge in [-0.1, -0.05) is 32.4 Å². The highest BCUT2D eigenvalue weighted by molar-refractivity contribution is 6.30. The van der Waals surface area contributed by atoms with Crippen LogP contribution in [0, 0.1) is 12.3 Å². The van der Waals surface area contributed by atoms with E-state index in [0.717, 1.165) is 6.42 Å². The number of nitrogens with zero attached hydrogens (tertiary/aromatic N) is 1. The monoisotopic (exact) mass is 244 g/mol. The lowest BCUT2D eigenvalue weighted by atomic mass is 9.90. The highest BCUT2D eigenvalue weighted by Gasteiger charge is 2.19. The van der Waals surface area contributed by atoms with Gasteiger partial charge in [-0.05, 0) is 18.8 Å². The van der Waals surface area contributed by atoms with E-state index in [1.807, 2.05) is 20.8 Å². The lowest BCUT2D eigenvalue weighted by molar-refractivity contribution is 0.284. The Bertz CT molecular complexity index is 500. The molecule has 0 radical (unpaired) electrons. The molecule has 16 heavy (non-hydrogen) atoms. The fourth-order valence-corrected chi connectivity index (χ4v) is 1.49. The second-order valence-electron chi connectivity index (χ2n) is 4.78. The van der Waals surface area contributed by atoms with Crippen molar-refractivity contribution in [1.82, 2.24) is 9.55 Å². The van der Waals surface area contributed by atoms with Crippen LogP contribution in [-0.2, 0) is 6.54 Å². The molecule has 1 aromatic rings. The summed E-state index contributed by atoms with van der Waals surface area (Å²) < 4.78 is 1.21. The summed E-state index contributed by atoms with van der Waals surface area (Å²) in [6, 6.07) is 0. The first-order valence-electron chi connectivity index (χ1n) is 5.27. The van der Waals surface area contributed by atoms with Crippen LogP contribution in [0.2, 0.25) is 5.15 Å². The Labute approximate surface area is 99.3 Å². The molecule has 0 saturated carbocycles. The Morgan fingerprint density at radius 1 is 1.38 bits per heavy atom. The minimum Gasteiger partial charge on any atom is -0.297 e. The molecule has 0 fully saturated rings. The highest BCUT2D eigenvalue weighted by Crippen LogP contribution is 2.20. The summed E-state index contributed by atoms with van der Waals surface area (Å²) in [5, 5.41) is 0.126. The fraction of sp³-hybridized carbons (Fsp3) is 0.636. The summed E-state index contributed by atoms with van der Waals surface area (Å²) >= 11 is 5.73. The SMILES string of the molecule is CCC(C)(C)Cn1c(=O)[nH]c(Cl)c(C)c1=O. The number of nitrogens with one attached hydrogen (secondary N) is 1. The van der Waals surface area contributed by atoms with Crippen LogP contribution in [-0.4, -0.2) is 9.55 Å². The molecule has 0 unspecified atom stereocenters. The Balaban J connectivity index is 3.32. The van der Waals surface area contributed by atoms with Crippen LogP contribution >= 0.6 is 11.6 Å². The van der Waals surface area contributed by atoms with Gasteiger partial charge in [-0.25, -0.2) is 4.79 Å². The summed E-state index contributed by atoms with van der Waals surface area (Å²) in [6.45, 7) is 8.07. The van der Waals surface area contributed by atoms with E-state index < -0.39 is 5.69 Å². The second-order valence-corrected chi connectivity index (χ2v) is 5.16. The van der Waals surface area contributed by atoms with Gasteiger partial charge in [0.15, 0.2) is 0 Å². The van der Waals surface area contributed by atoms with Gasteiger partial charge >= 0.3 is 5.69 Å². The van der Waals surface area contributed by atoms with E-state index in [-0.39, 0.29) is 16.1 Å². The molecule has 0 amide bonds. The van der Waals surface area contributed by atoms with Gasteiger partial charge in [0.2, 0.25) is 0 Å². The molecule has 0 aliphatic rings. The van der Waals surface area contributed by atoms with Crippen molar-refractivity contribution >= 4 is 11.6 Å². The third kappa shape index (κ3) is 2.55. The first kappa shape index (κ1) is 13.0. The largest absolute Gasteiger partial charge is 0.329 e. The maximum absolute atomic E-state index is 11.9. The number of hydrogen-bond donors (Lipinski definition) is 1. The van der Waals surface area contributed by atoms with E-state index in [1.54, 1.807) is 6.92 Å². The van der Waals surface area contributed by atoms with Crippen LogP contribution in [0.1, 0.15) is 32.8 Å². The molecule has 4 nitrogen and oxygen atoms in total. The summed E-state index contributed by atoms with van der Waals surface area (Å²) in [5.74, 6) is 0. The van der Waals surface area contributed by atoms with Crippen molar-refractivity contribution in [3.63, 3.8) is 0 Å². The number of aromatic nitrogens is 2. The van der Waals surface area contributed by atoms with E-state index in [2.05, 4.69) is 4.98 Å². The van der Waals surface area contributed by atoms with Crippen LogP contribution in [0.25, 0.3) is 0 Å². The van der Waals surface area contributed by atoms with Gasteiger partial charge < -0.3 is 0 Å². The molecule has 1 aromatic heterocycles. The van der Waals surface area contributed by atoms with Gasteiger partial charge in [0.05, 0.1) is 0 Å². The van der Waals surface area contributed by atoms with E-state index >= 15 is 0 Å². The van der Waals surface area contributed by atoms with Gasteiger partial charge in [0.25, 0.3) is 5.56 Å². The zero-order valence-electron chi connectivity index (χ0n) is 10.1. The zero-order valence-corrected chi connectivity index (χ0v) is 10.8. The zero-order chi connectivity index (χ0) is 12.5. The Kier molecular flexibility index (Phi) is 3.63. The fourth-order valence-electron chi connectivity index (χ4n) is 1.33. The standard InChI is InChI=1S/C11H17ClN2O2/c1-5-11(3,4)6-14-9(15)7(2)8(12)13-10(14)16/h5-6H2,1-4H3,(H,13,16). The van der Waals surface area contributed by atoms with E-state index in [4.69, 9.17) is 11.6 Å². The van der Waals surface area contributed by atoms with Crippen molar-refractivity contribution in [2.75, 3.05) is 0 Å². The van der Waals surface area contributed by atoms with Crippen molar-refractivity contribution in [3.8, 4) is 0 Å². The predicted octanol–water partition coefficient (Wildman–Crippen LogP) is 1.93. The van der Waals surface area contributed by atoms with E-state index in [0.29, 0.717) is 12.1 Å². The van der Waals surface area contributed by atoms with Gasteiger partial charge in [-0.2, -0.15) is 0 Å². The van der Waals surface area contributed by atoms with Crippen LogP contribution in [0.5, 0.6) is 0 Å². The van der Waals surface area contributed by atoms with Crippen LogP contribution in [0.3, 0.4) is 0 Å². The van der Waals surface area contributed by atoms with Crippen LogP contribution in [0.4, 0.5) is 0 Å². The number of hydrogen-bond acceptors (Lipinski definition) is 2. The molecule has 1 heterocycles. The Morgan fingerprint density at radius 3 is 2.44 bits per heavy atom. The molecule has 0 bridgehead atoms. The second kappa shape index (κ2) is 4.45. The minimum absolute atomic E-state index is 0.0862. The van der Waals surface area contributed by atoms with Gasteiger partial charge in [-0.3, -0.25) is 14.3 Å². The van der Waals surface area contributed by atoms with Crippen molar-refractivity contribution in [1.29, 1.82) is 0 Å². The van der Waals surface area contributed by atoms with E-state index in [9.17, 15) is 9.59 Å². The molecule has 90 valence electrons. The molecule has 0 saturated heterocycles. The number of halogens is 1. The quantitative estimate of drug-likeness (QED) is 0.827. The summed E-state index contributed by atoms with van der Waals surface area (Å²) in [4.78, 5) is 26.0. The number of H-pyrrole nitrogens is 1. The van der Waals surface area contributed by atoms with Gasteiger partial charge in [0.1, 0.15) is 5.15 Å². The number of aromatic amines is 1. The summed E-state index contributed by atoms with van der Waals surface area (Å²) in [7, 11) is 0. The van der Waals surface area contributed by atoms with Crippen LogP contribution in [0.15, 0.2) is 9.59 Å². The third-order valence-electron chi connectivity index (χ3n) is 2.90. The molecular formula is C11H17ClN2O2. The first-order chi connectivity index (χ1) is 7.28. The molecule has 0 spiro atoms. The molecule has 0 atom stereocenters. The van der Waals surface area contributed by atoms with Crippen molar-refractivity contribution in [3.05, 3.63) is 31.6 Å². The molecule has 0 aliphatic heterocycles. The first-order valence-corrected chi connectivity index (χ1v) is 5.65. The average Bonchev–Trinajstić information content (AvgIpc) is 2.21. The predicted molar refractivity (Wildman–Crippen MR) is 65.1 cm³/mol. The van der Waals surface area contributed by atoms with Crippen molar-refractivity contribution in [2.24, 2.45) is 5.41 Å². The molecule has 0 aromatic carbocycles. The summed E-state index contributed by atoms with van der Waals surface area (Å²) in [5.41, 5.74) is -0.456. The van der Waals surface area contributed by atoms with Gasteiger partial charge in [0, 0.05) is 12.1 Å². The lowest BCUT2D eigenvalue weighted by Crippen LogP contribution is -2.40. The molecule has 1 rings (SSSR count). The Hall–Kier alpha value is -1.03. The molecule has 1 N–H and O–H groups in total. The van der Waals surface area contributed by atoms with Gasteiger partial charge in [-0.15, -0.1) is 0 Å². The van der Waals surface area contributed by atoms with Crippen LogP contribution < -0.4 is 11.2 Å². The normalized spacial score (nSPS) is 11.8. The molecular weight excluding hydrogens is 228 g/mol. The molecule has 0 aliphatic carbocycles. The van der Waals surface area contributed by atoms with Crippen molar-refractivity contribution < 1.29 is 0 Å². The maximum atomic E-state index is 11.9. The lowest BCUT2D eigenvalue weighted by Gasteiger charge is -2.23. The maximum Gasteiger partial charge on any atom is 0.329 e. The minimum atomic E-state index is -0.442. The number of rotatable bonds is 3.